The molecule has 23 heavy (non-hydrogen) atoms. The minimum Gasteiger partial charge on any atom is -0.377 e. The van der Waals surface area contributed by atoms with Crippen molar-refractivity contribution in [3.63, 3.8) is 0 Å². The van der Waals surface area contributed by atoms with Crippen LogP contribution in [0.4, 0.5) is 10.1 Å². The maximum Gasteiger partial charge on any atom is 0.123 e. The van der Waals surface area contributed by atoms with E-state index in [0.717, 1.165) is 35.0 Å². The largest absolute Gasteiger partial charge is 0.377 e. The second kappa shape index (κ2) is 5.36. The molecule has 0 spiro atoms. The number of halogens is 1. The van der Waals surface area contributed by atoms with Crippen LogP contribution >= 0.6 is 0 Å². The van der Waals surface area contributed by atoms with Crippen molar-refractivity contribution in [2.45, 2.75) is 18.9 Å². The SMILES string of the molecule is N#Cc1cnc2ccccc2c1NC1CCc2ccc(F)cc21. The van der Waals surface area contributed by atoms with Crippen molar-refractivity contribution in [1.82, 2.24) is 4.98 Å². The molecule has 0 saturated heterocycles. The number of nitriles is 1. The van der Waals surface area contributed by atoms with Gasteiger partial charge in [0.15, 0.2) is 0 Å². The predicted octanol–water partition coefficient (Wildman–Crippen LogP) is 4.34. The van der Waals surface area contributed by atoms with Crippen LogP contribution in [0.5, 0.6) is 0 Å². The second-order valence-electron chi connectivity index (χ2n) is 5.75. The zero-order valence-corrected chi connectivity index (χ0v) is 12.4. The molecule has 1 atom stereocenters. The summed E-state index contributed by atoms with van der Waals surface area (Å²) in [6, 6.07) is 14.9. The van der Waals surface area contributed by atoms with Gasteiger partial charge in [-0.2, -0.15) is 5.26 Å². The van der Waals surface area contributed by atoms with Crippen LogP contribution in [0.1, 0.15) is 29.2 Å². The van der Waals surface area contributed by atoms with Gasteiger partial charge in [-0.05, 0) is 42.2 Å². The van der Waals surface area contributed by atoms with Crippen molar-refractivity contribution in [1.29, 1.82) is 5.26 Å². The maximum atomic E-state index is 13.6. The molecule has 1 aliphatic rings. The molecule has 0 saturated carbocycles. The first-order chi connectivity index (χ1) is 11.3. The van der Waals surface area contributed by atoms with E-state index in [4.69, 9.17) is 0 Å². The number of anilines is 1. The van der Waals surface area contributed by atoms with Crippen LogP contribution < -0.4 is 5.32 Å². The molecular weight excluding hydrogens is 289 g/mol. The van der Waals surface area contributed by atoms with Gasteiger partial charge >= 0.3 is 0 Å². The Morgan fingerprint density at radius 3 is 2.96 bits per heavy atom. The number of fused-ring (bicyclic) bond motifs is 2. The van der Waals surface area contributed by atoms with Gasteiger partial charge in [0.25, 0.3) is 0 Å². The lowest BCUT2D eigenvalue weighted by molar-refractivity contribution is 0.624. The van der Waals surface area contributed by atoms with E-state index in [1.54, 1.807) is 12.3 Å². The molecule has 3 nitrogen and oxygen atoms in total. The summed E-state index contributed by atoms with van der Waals surface area (Å²) in [5, 5.41) is 13.8. The normalized spacial score (nSPS) is 16.1. The van der Waals surface area contributed by atoms with Crippen molar-refractivity contribution in [2.24, 2.45) is 0 Å². The van der Waals surface area contributed by atoms with Gasteiger partial charge in [-0.25, -0.2) is 4.39 Å². The van der Waals surface area contributed by atoms with Crippen LogP contribution in [0, 0.1) is 17.1 Å². The molecule has 1 aromatic heterocycles. The highest BCUT2D eigenvalue weighted by Gasteiger charge is 2.24. The molecule has 1 heterocycles. The summed E-state index contributed by atoms with van der Waals surface area (Å²) in [6.45, 7) is 0. The number of hydrogen-bond acceptors (Lipinski definition) is 3. The maximum absolute atomic E-state index is 13.6. The van der Waals surface area contributed by atoms with Gasteiger partial charge in [0.05, 0.1) is 22.8 Å². The lowest BCUT2D eigenvalue weighted by atomic mass is 10.1. The van der Waals surface area contributed by atoms with E-state index < -0.39 is 0 Å². The summed E-state index contributed by atoms with van der Waals surface area (Å²) < 4.78 is 13.6. The fourth-order valence-electron chi connectivity index (χ4n) is 3.28. The molecule has 0 aliphatic heterocycles. The highest BCUT2D eigenvalue weighted by molar-refractivity contribution is 5.94. The van der Waals surface area contributed by atoms with Crippen LogP contribution in [0.15, 0.2) is 48.7 Å². The molecular formula is C19H14FN3. The molecule has 1 unspecified atom stereocenters. The third-order valence-corrected chi connectivity index (χ3v) is 4.40. The summed E-state index contributed by atoms with van der Waals surface area (Å²) in [4.78, 5) is 4.32. The first kappa shape index (κ1) is 13.7. The van der Waals surface area contributed by atoms with E-state index >= 15 is 0 Å². The molecule has 4 rings (SSSR count). The molecule has 0 amide bonds. The zero-order valence-electron chi connectivity index (χ0n) is 12.4. The Morgan fingerprint density at radius 1 is 1.22 bits per heavy atom. The summed E-state index contributed by atoms with van der Waals surface area (Å²) >= 11 is 0. The average Bonchev–Trinajstić information content (AvgIpc) is 2.97. The van der Waals surface area contributed by atoms with E-state index in [1.165, 1.54) is 11.6 Å². The van der Waals surface area contributed by atoms with E-state index in [1.807, 2.05) is 30.3 Å². The Kier molecular flexibility index (Phi) is 3.20. The predicted molar refractivity (Wildman–Crippen MR) is 87.5 cm³/mol. The summed E-state index contributed by atoms with van der Waals surface area (Å²) in [6.07, 6.45) is 3.39. The first-order valence-corrected chi connectivity index (χ1v) is 7.59. The molecule has 3 aromatic rings. The third-order valence-electron chi connectivity index (χ3n) is 4.40. The number of pyridine rings is 1. The molecule has 112 valence electrons. The highest BCUT2D eigenvalue weighted by atomic mass is 19.1. The van der Waals surface area contributed by atoms with E-state index in [0.29, 0.717) is 5.56 Å². The van der Waals surface area contributed by atoms with Gasteiger partial charge in [0.2, 0.25) is 0 Å². The minimum absolute atomic E-state index is 0.0126. The second-order valence-corrected chi connectivity index (χ2v) is 5.75. The van der Waals surface area contributed by atoms with Crippen molar-refractivity contribution >= 4 is 16.6 Å². The topological polar surface area (TPSA) is 48.7 Å². The Morgan fingerprint density at radius 2 is 2.09 bits per heavy atom. The third kappa shape index (κ3) is 2.31. The van der Waals surface area contributed by atoms with Crippen LogP contribution in [0.3, 0.4) is 0 Å². The smallest absolute Gasteiger partial charge is 0.123 e. The fourth-order valence-corrected chi connectivity index (χ4v) is 3.28. The van der Waals surface area contributed by atoms with E-state index in [2.05, 4.69) is 16.4 Å². The lowest BCUT2D eigenvalue weighted by Gasteiger charge is -2.18. The quantitative estimate of drug-likeness (QED) is 0.766. The number of hydrogen-bond donors (Lipinski definition) is 1. The van der Waals surface area contributed by atoms with Crippen LogP contribution in [-0.4, -0.2) is 4.98 Å². The monoisotopic (exact) mass is 303 g/mol. The van der Waals surface area contributed by atoms with Gasteiger partial charge in [-0.3, -0.25) is 4.98 Å². The van der Waals surface area contributed by atoms with Crippen LogP contribution in [0.2, 0.25) is 0 Å². The number of aryl methyl sites for hydroxylation is 1. The minimum atomic E-state index is -0.224. The number of aromatic nitrogens is 1. The van der Waals surface area contributed by atoms with Gasteiger partial charge in [0.1, 0.15) is 11.9 Å². The molecule has 1 N–H and O–H groups in total. The first-order valence-electron chi connectivity index (χ1n) is 7.59. The fraction of sp³-hybridized carbons (Fsp3) is 0.158. The van der Waals surface area contributed by atoms with Crippen molar-refractivity contribution in [2.75, 3.05) is 5.32 Å². The highest BCUT2D eigenvalue weighted by Crippen LogP contribution is 2.36. The van der Waals surface area contributed by atoms with Gasteiger partial charge < -0.3 is 5.32 Å². The summed E-state index contributed by atoms with van der Waals surface area (Å²) in [5.41, 5.74) is 4.27. The average molecular weight is 303 g/mol. The summed E-state index contributed by atoms with van der Waals surface area (Å²) in [7, 11) is 0. The molecule has 2 aromatic carbocycles. The van der Waals surface area contributed by atoms with E-state index in [-0.39, 0.29) is 11.9 Å². The number of para-hydroxylation sites is 1. The van der Waals surface area contributed by atoms with Gasteiger partial charge in [0, 0.05) is 11.6 Å². The standard InChI is InChI=1S/C19H14FN3/c20-14-7-5-12-6-8-18(16(12)9-14)23-19-13(10-21)11-22-17-4-2-1-3-15(17)19/h1-5,7,9,11,18H,6,8H2,(H,22,23). The zero-order chi connectivity index (χ0) is 15.8. The Labute approximate surface area is 133 Å². The van der Waals surface area contributed by atoms with Gasteiger partial charge in [-0.1, -0.05) is 24.3 Å². The Balaban J connectivity index is 1.80. The number of nitrogens with zero attached hydrogens (tertiary/aromatic N) is 2. The molecule has 0 radical (unpaired) electrons. The Bertz CT molecular complexity index is 943. The van der Waals surface area contributed by atoms with Crippen LogP contribution in [0.25, 0.3) is 10.9 Å². The van der Waals surface area contributed by atoms with Crippen molar-refractivity contribution in [3.8, 4) is 6.07 Å². The lowest BCUT2D eigenvalue weighted by Crippen LogP contribution is -2.09. The molecule has 0 fully saturated rings. The number of nitrogens with one attached hydrogen (secondary N) is 1. The molecule has 0 bridgehead atoms. The number of rotatable bonds is 2. The molecule has 1 aliphatic carbocycles. The number of benzene rings is 2. The van der Waals surface area contributed by atoms with Gasteiger partial charge in [-0.15, -0.1) is 0 Å². The molecule has 4 heteroatoms. The summed E-state index contributed by atoms with van der Waals surface area (Å²) in [5.74, 6) is -0.224. The van der Waals surface area contributed by atoms with Crippen molar-refractivity contribution in [3.05, 3.63) is 71.2 Å². The van der Waals surface area contributed by atoms with Crippen LogP contribution in [-0.2, 0) is 6.42 Å². The Hall–Kier alpha value is -2.93. The van der Waals surface area contributed by atoms with Crippen molar-refractivity contribution < 1.29 is 4.39 Å². The van der Waals surface area contributed by atoms with E-state index in [9.17, 15) is 9.65 Å².